The van der Waals surface area contributed by atoms with Crippen LogP contribution in [0.5, 0.6) is 5.75 Å². The van der Waals surface area contributed by atoms with Gasteiger partial charge in [0.1, 0.15) is 5.75 Å². The van der Waals surface area contributed by atoms with E-state index in [1.165, 1.54) is 0 Å². The van der Waals surface area contributed by atoms with Crippen molar-refractivity contribution in [2.45, 2.75) is 69.1 Å². The molecule has 0 bridgehead atoms. The van der Waals surface area contributed by atoms with Gasteiger partial charge in [0.2, 0.25) is 14.3 Å². The molecule has 5 atom stereocenters. The van der Waals surface area contributed by atoms with Gasteiger partial charge in [-0.3, -0.25) is 9.59 Å². The molecule has 210 valence electrons. The summed E-state index contributed by atoms with van der Waals surface area (Å²) in [5.41, 5.74) is 0.372. The largest absolute Gasteiger partial charge is 0.497 e. The normalized spacial score (nSPS) is 28.4. The van der Waals surface area contributed by atoms with E-state index in [1.54, 1.807) is 30.0 Å². The van der Waals surface area contributed by atoms with E-state index in [1.807, 2.05) is 49.4 Å². The Labute approximate surface area is 244 Å². The first-order valence-electron chi connectivity index (χ1n) is 13.5. The van der Waals surface area contributed by atoms with E-state index >= 15 is 4.11 Å². The topological polar surface area (TPSA) is 79.3 Å². The molecule has 0 radical (unpaired) electrons. The lowest BCUT2D eigenvalue weighted by atomic mass is 9.82. The van der Waals surface area contributed by atoms with Crippen molar-refractivity contribution in [3.05, 3.63) is 57.2 Å². The second kappa shape index (κ2) is 10.8. The molecule has 10 heteroatoms. The van der Waals surface area contributed by atoms with Crippen LogP contribution in [0, 0.1) is 9.49 Å². The smallest absolute Gasteiger partial charge is 0.264 e. The molecule has 3 aliphatic heterocycles. The number of aliphatic hydroxyl groups excluding tert-OH is 1. The van der Waals surface area contributed by atoms with Gasteiger partial charge in [-0.05, 0) is 84.4 Å². The van der Waals surface area contributed by atoms with Crippen LogP contribution >= 0.6 is 22.6 Å². The van der Waals surface area contributed by atoms with E-state index in [9.17, 15) is 14.7 Å². The predicted octanol–water partition coefficient (Wildman–Crippen LogP) is 5.00. The predicted molar refractivity (Wildman–Crippen MR) is 158 cm³/mol. The highest BCUT2D eigenvalue weighted by molar-refractivity contribution is 14.1. The molecule has 0 aliphatic carbocycles. The number of nitrogens with zero attached hydrogens (tertiary/aromatic N) is 2. The number of carbonyl (C=O) groups excluding carboxylic acids is 2. The molecule has 3 aliphatic rings. The average molecular weight is 667 g/mol. The van der Waals surface area contributed by atoms with Gasteiger partial charge in [0, 0.05) is 27.1 Å². The number of aliphatic hydroxyl groups is 1. The van der Waals surface area contributed by atoms with Crippen molar-refractivity contribution >= 4 is 48.5 Å². The van der Waals surface area contributed by atoms with Gasteiger partial charge < -0.3 is 28.5 Å². The third kappa shape index (κ3) is 4.91. The number of fused-ring (bicyclic) bond motifs is 2. The molecule has 1 N–H and O–H groups in total. The van der Waals surface area contributed by atoms with E-state index in [2.05, 4.69) is 22.6 Å². The summed E-state index contributed by atoms with van der Waals surface area (Å²) >= 11 is 2.25. The Bertz CT molecular complexity index is 1270. The van der Waals surface area contributed by atoms with E-state index in [4.69, 9.17) is 9.47 Å². The van der Waals surface area contributed by atoms with Crippen LogP contribution in [0.1, 0.15) is 37.3 Å². The van der Waals surface area contributed by atoms with Crippen LogP contribution in [0.15, 0.2) is 42.5 Å². The van der Waals surface area contributed by atoms with E-state index in [-0.39, 0.29) is 30.9 Å². The SMILES string of the molecule is COc1ccc2c(c1)[C@]1(O[C@@H](CC(=O)N3CCC[C@H]3CO)[C@H]([Si](C)(C)F)[C@H]1C)C(=O)N2Cc1cccc(I)c1. The van der Waals surface area contributed by atoms with Crippen LogP contribution < -0.4 is 9.64 Å². The van der Waals surface area contributed by atoms with Crippen LogP contribution in [-0.4, -0.2) is 62.6 Å². The molecule has 39 heavy (non-hydrogen) atoms. The number of rotatable bonds is 7. The molecule has 2 aromatic carbocycles. The summed E-state index contributed by atoms with van der Waals surface area (Å²) in [7, 11) is -1.83. The van der Waals surface area contributed by atoms with Gasteiger partial charge in [-0.1, -0.05) is 19.1 Å². The summed E-state index contributed by atoms with van der Waals surface area (Å²) in [5, 5.41) is 9.76. The van der Waals surface area contributed by atoms with Gasteiger partial charge in [-0.2, -0.15) is 0 Å². The Hall–Kier alpha value is -2.02. The zero-order chi connectivity index (χ0) is 28.1. The maximum atomic E-state index is 16.1. The minimum atomic E-state index is -3.40. The first-order valence-corrected chi connectivity index (χ1v) is 17.6. The zero-order valence-corrected chi connectivity index (χ0v) is 26.0. The number of likely N-dealkylation sites (tertiary alicyclic amines) is 1. The molecule has 5 rings (SSSR count). The Morgan fingerprint density at radius 3 is 2.72 bits per heavy atom. The van der Waals surface area contributed by atoms with Crippen molar-refractivity contribution in [3.63, 3.8) is 0 Å². The summed E-state index contributed by atoms with van der Waals surface area (Å²) in [6, 6.07) is 13.3. The Balaban J connectivity index is 1.56. The summed E-state index contributed by atoms with van der Waals surface area (Å²) < 4.78 is 29.4. The van der Waals surface area contributed by atoms with Crippen molar-refractivity contribution in [1.82, 2.24) is 4.90 Å². The molecule has 0 unspecified atom stereocenters. The second-order valence-electron chi connectivity index (χ2n) is 11.4. The van der Waals surface area contributed by atoms with Crippen molar-refractivity contribution in [2.24, 2.45) is 5.92 Å². The summed E-state index contributed by atoms with van der Waals surface area (Å²) in [6.45, 7) is 5.99. The van der Waals surface area contributed by atoms with Crippen LogP contribution in [0.25, 0.3) is 0 Å². The molecule has 2 aromatic rings. The molecule has 2 amide bonds. The first kappa shape index (κ1) is 28.5. The zero-order valence-electron chi connectivity index (χ0n) is 22.8. The molecule has 2 saturated heterocycles. The molecular weight excluding hydrogens is 630 g/mol. The lowest BCUT2D eigenvalue weighted by Crippen LogP contribution is -2.45. The number of benzene rings is 2. The minimum absolute atomic E-state index is 0.0168. The van der Waals surface area contributed by atoms with E-state index in [0.717, 1.165) is 27.7 Å². The standard InChI is InChI=1S/C29H36FIN2O5Si/c1-18-27(39(3,4)30)25(15-26(35)32-12-6-9-21(32)17-34)38-29(18)23-14-22(37-2)10-11-24(23)33(28(29)36)16-19-7-5-8-20(31)13-19/h5,7-8,10-11,13-14,18,21,25,27,34H,6,9,12,15-17H2,1-4H3/t18-,21+,25+,27-,29+/m1/s1. The molecule has 7 nitrogen and oxygen atoms in total. The fourth-order valence-electron chi connectivity index (χ4n) is 6.97. The van der Waals surface area contributed by atoms with Crippen molar-refractivity contribution in [1.29, 1.82) is 0 Å². The number of hydrogen-bond acceptors (Lipinski definition) is 5. The van der Waals surface area contributed by atoms with Crippen LogP contribution in [0.4, 0.5) is 9.80 Å². The molecule has 3 heterocycles. The summed E-state index contributed by atoms with van der Waals surface area (Å²) in [5.74, 6) is -0.294. The Kier molecular flexibility index (Phi) is 7.86. The van der Waals surface area contributed by atoms with Crippen molar-refractivity contribution < 1.29 is 28.3 Å². The number of ether oxygens (including phenoxy) is 2. The van der Waals surface area contributed by atoms with E-state index < -0.39 is 31.6 Å². The molecule has 0 saturated carbocycles. The summed E-state index contributed by atoms with van der Waals surface area (Å²) in [6.07, 6.45) is 0.811. The maximum absolute atomic E-state index is 16.1. The number of halogens is 2. The molecule has 2 fully saturated rings. The van der Waals surface area contributed by atoms with Gasteiger partial charge in [-0.25, -0.2) is 0 Å². The van der Waals surface area contributed by atoms with Crippen molar-refractivity contribution in [3.8, 4) is 5.75 Å². The van der Waals surface area contributed by atoms with E-state index in [0.29, 0.717) is 24.4 Å². The Morgan fingerprint density at radius 1 is 1.28 bits per heavy atom. The number of carbonyl (C=O) groups is 2. The quantitative estimate of drug-likeness (QED) is 0.256. The third-order valence-corrected chi connectivity index (χ3v) is 11.8. The highest BCUT2D eigenvalue weighted by Gasteiger charge is 2.67. The first-order chi connectivity index (χ1) is 18.5. The number of anilines is 1. The molecular formula is C29H36FIN2O5Si. The lowest BCUT2D eigenvalue weighted by molar-refractivity contribution is -0.150. The van der Waals surface area contributed by atoms with Crippen LogP contribution in [0.3, 0.4) is 0 Å². The van der Waals surface area contributed by atoms with Gasteiger partial charge in [0.15, 0.2) is 5.60 Å². The average Bonchev–Trinajstić information content (AvgIpc) is 3.54. The van der Waals surface area contributed by atoms with Gasteiger partial charge in [0.05, 0.1) is 44.5 Å². The van der Waals surface area contributed by atoms with Gasteiger partial charge in [-0.15, -0.1) is 0 Å². The number of methoxy groups -OCH3 is 1. The molecule has 1 spiro atoms. The maximum Gasteiger partial charge on any atom is 0.264 e. The van der Waals surface area contributed by atoms with Gasteiger partial charge >= 0.3 is 0 Å². The number of amides is 2. The van der Waals surface area contributed by atoms with Crippen LogP contribution in [-0.2, 0) is 26.5 Å². The highest BCUT2D eigenvalue weighted by atomic mass is 127. The van der Waals surface area contributed by atoms with Crippen LogP contribution in [0.2, 0.25) is 18.6 Å². The minimum Gasteiger partial charge on any atom is -0.497 e. The van der Waals surface area contributed by atoms with Crippen molar-refractivity contribution in [2.75, 3.05) is 25.2 Å². The number of hydrogen-bond donors (Lipinski definition) is 1. The second-order valence-corrected chi connectivity index (χ2v) is 16.5. The fraction of sp³-hybridized carbons (Fsp3) is 0.517. The third-order valence-electron chi connectivity index (χ3n) is 8.68. The van der Waals surface area contributed by atoms with Gasteiger partial charge in [0.25, 0.3) is 5.91 Å². The fourth-order valence-corrected chi connectivity index (χ4v) is 10.1. The Morgan fingerprint density at radius 2 is 2.05 bits per heavy atom. The summed E-state index contributed by atoms with van der Waals surface area (Å²) in [4.78, 5) is 31.3. The highest BCUT2D eigenvalue weighted by Crippen LogP contribution is 2.60. The monoisotopic (exact) mass is 666 g/mol. The molecule has 0 aromatic heterocycles. The lowest BCUT2D eigenvalue weighted by Gasteiger charge is -2.31.